The first kappa shape index (κ1) is 29.3. The second-order valence-corrected chi connectivity index (χ2v) is 11.2. The van der Waals surface area contributed by atoms with Gasteiger partial charge in [-0.3, -0.25) is 4.57 Å². The molecule has 0 spiro atoms. The van der Waals surface area contributed by atoms with Crippen molar-refractivity contribution in [1.29, 1.82) is 0 Å². The third kappa shape index (κ3) is 6.37. The van der Waals surface area contributed by atoms with E-state index in [1.54, 1.807) is 30.3 Å². The number of para-hydroxylation sites is 1. The highest BCUT2D eigenvalue weighted by atomic mass is 32.2. The normalized spacial score (nSPS) is 12.2. The summed E-state index contributed by atoms with van der Waals surface area (Å²) in [4.78, 5) is 13.4. The molecule has 1 heterocycles. The predicted octanol–water partition coefficient (Wildman–Crippen LogP) is 5.71. The molecule has 0 aliphatic rings. The van der Waals surface area contributed by atoms with Gasteiger partial charge in [0.05, 0.1) is 22.7 Å². The molecule has 0 aliphatic heterocycles. The standard InChI is InChI=1S/C29H31F3N4O3S/c1-3-5-11-27-34-36(25-10-7-6-9-24(25)29(30,31)32)28(37)35(27)19-21-12-15-22(16-13-21)23-18-20(8-4-2)14-17-26(23)40(33,38)39/h6-7,9-10,12-18H,3-5,8,11,19H2,1-2H3,(H2,33,38,39). The third-order valence-electron chi connectivity index (χ3n) is 6.63. The molecule has 11 heteroatoms. The number of aromatic nitrogens is 3. The van der Waals surface area contributed by atoms with Crippen molar-refractivity contribution >= 4 is 10.0 Å². The summed E-state index contributed by atoms with van der Waals surface area (Å²) in [5, 5.41) is 9.77. The number of primary sulfonamides is 1. The van der Waals surface area contributed by atoms with Crippen LogP contribution in [0.3, 0.4) is 0 Å². The number of hydrogen-bond donors (Lipinski definition) is 1. The molecule has 7 nitrogen and oxygen atoms in total. The summed E-state index contributed by atoms with van der Waals surface area (Å²) in [6, 6.07) is 16.9. The summed E-state index contributed by atoms with van der Waals surface area (Å²) in [7, 11) is -3.97. The first-order valence-electron chi connectivity index (χ1n) is 13.0. The number of sulfonamides is 1. The molecule has 40 heavy (non-hydrogen) atoms. The van der Waals surface area contributed by atoms with Gasteiger partial charge in [0.25, 0.3) is 0 Å². The largest absolute Gasteiger partial charge is 0.418 e. The second-order valence-electron chi connectivity index (χ2n) is 9.64. The fourth-order valence-corrected chi connectivity index (χ4v) is 5.38. The number of aryl methyl sites for hydroxylation is 2. The average molecular weight is 573 g/mol. The first-order valence-corrected chi connectivity index (χ1v) is 14.6. The van der Waals surface area contributed by atoms with E-state index in [0.29, 0.717) is 35.4 Å². The van der Waals surface area contributed by atoms with Crippen LogP contribution in [0.25, 0.3) is 16.8 Å². The highest BCUT2D eigenvalue weighted by molar-refractivity contribution is 7.89. The molecular formula is C29H31F3N4O3S. The van der Waals surface area contributed by atoms with Crippen molar-refractivity contribution < 1.29 is 21.6 Å². The Balaban J connectivity index is 1.74. The van der Waals surface area contributed by atoms with E-state index >= 15 is 0 Å². The Hall–Kier alpha value is -3.70. The molecule has 0 unspecified atom stereocenters. The van der Waals surface area contributed by atoms with Crippen molar-refractivity contribution in [2.45, 2.75) is 63.6 Å². The van der Waals surface area contributed by atoms with Gasteiger partial charge in [0.2, 0.25) is 10.0 Å². The minimum Gasteiger partial charge on any atom is -0.274 e. The lowest BCUT2D eigenvalue weighted by Crippen LogP contribution is -2.26. The topological polar surface area (TPSA) is 100.0 Å². The van der Waals surface area contributed by atoms with E-state index in [1.807, 2.05) is 19.9 Å². The molecule has 4 rings (SSSR count). The summed E-state index contributed by atoms with van der Waals surface area (Å²) in [5.74, 6) is 0.386. The zero-order valence-electron chi connectivity index (χ0n) is 22.3. The van der Waals surface area contributed by atoms with Gasteiger partial charge in [-0.05, 0) is 53.8 Å². The lowest BCUT2D eigenvalue weighted by Gasteiger charge is -2.12. The zero-order valence-corrected chi connectivity index (χ0v) is 23.1. The summed E-state index contributed by atoms with van der Waals surface area (Å²) >= 11 is 0. The number of unbranched alkanes of at least 4 members (excludes halogenated alkanes) is 1. The molecule has 4 aromatic rings. The maximum atomic E-state index is 13.7. The van der Waals surface area contributed by atoms with Crippen LogP contribution >= 0.6 is 0 Å². The average Bonchev–Trinajstić information content (AvgIpc) is 3.21. The Morgan fingerprint density at radius 1 is 0.900 bits per heavy atom. The number of nitrogens with zero attached hydrogens (tertiary/aromatic N) is 3. The maximum Gasteiger partial charge on any atom is 0.418 e. The minimum absolute atomic E-state index is 0.0165. The van der Waals surface area contributed by atoms with E-state index in [2.05, 4.69) is 5.10 Å². The Labute approximate surface area is 231 Å². The van der Waals surface area contributed by atoms with Gasteiger partial charge in [-0.1, -0.05) is 69.2 Å². The Morgan fingerprint density at radius 3 is 2.20 bits per heavy atom. The minimum atomic E-state index is -4.65. The van der Waals surface area contributed by atoms with Crippen molar-refractivity contribution in [1.82, 2.24) is 14.3 Å². The number of rotatable bonds is 10. The molecule has 0 atom stereocenters. The molecule has 1 aromatic heterocycles. The first-order chi connectivity index (χ1) is 18.9. The maximum absolute atomic E-state index is 13.7. The second kappa shape index (κ2) is 11.8. The van der Waals surface area contributed by atoms with Gasteiger partial charge in [-0.25, -0.2) is 18.4 Å². The molecular weight excluding hydrogens is 541 g/mol. The number of hydrogen-bond acceptors (Lipinski definition) is 4. The molecule has 0 radical (unpaired) electrons. The fourth-order valence-electron chi connectivity index (χ4n) is 4.64. The molecule has 0 bridgehead atoms. The monoisotopic (exact) mass is 572 g/mol. The molecule has 0 aliphatic carbocycles. The van der Waals surface area contributed by atoms with Crippen LogP contribution in [-0.2, 0) is 35.6 Å². The Kier molecular flexibility index (Phi) is 8.65. The van der Waals surface area contributed by atoms with Gasteiger partial charge in [0, 0.05) is 12.0 Å². The predicted molar refractivity (Wildman–Crippen MR) is 148 cm³/mol. The van der Waals surface area contributed by atoms with Crippen molar-refractivity contribution in [3.63, 3.8) is 0 Å². The van der Waals surface area contributed by atoms with E-state index in [1.165, 1.54) is 28.8 Å². The van der Waals surface area contributed by atoms with Crippen LogP contribution in [0.2, 0.25) is 0 Å². The number of nitrogens with two attached hydrogens (primary N) is 1. The highest BCUT2D eigenvalue weighted by Crippen LogP contribution is 2.33. The Morgan fingerprint density at radius 2 is 1.57 bits per heavy atom. The smallest absolute Gasteiger partial charge is 0.274 e. The summed E-state index contributed by atoms with van der Waals surface area (Å²) in [5.41, 5.74) is 0.868. The summed E-state index contributed by atoms with van der Waals surface area (Å²) < 4.78 is 67.7. The third-order valence-corrected chi connectivity index (χ3v) is 7.59. The molecule has 0 fully saturated rings. The van der Waals surface area contributed by atoms with Crippen molar-refractivity contribution in [2.75, 3.05) is 0 Å². The number of benzene rings is 3. The van der Waals surface area contributed by atoms with Gasteiger partial charge in [0.15, 0.2) is 0 Å². The lowest BCUT2D eigenvalue weighted by atomic mass is 10.00. The van der Waals surface area contributed by atoms with E-state index in [-0.39, 0.29) is 17.1 Å². The molecule has 212 valence electrons. The highest BCUT2D eigenvalue weighted by Gasteiger charge is 2.34. The summed E-state index contributed by atoms with van der Waals surface area (Å²) in [6.07, 6.45) is -1.03. The van der Waals surface area contributed by atoms with Crippen LogP contribution in [-0.4, -0.2) is 22.8 Å². The molecule has 3 aromatic carbocycles. The van der Waals surface area contributed by atoms with Crippen LogP contribution in [0.15, 0.2) is 76.4 Å². The molecule has 2 N–H and O–H groups in total. The van der Waals surface area contributed by atoms with Crippen LogP contribution in [0.5, 0.6) is 0 Å². The Bertz CT molecular complexity index is 1660. The summed E-state index contributed by atoms with van der Waals surface area (Å²) in [6.45, 7) is 4.09. The fraction of sp³-hybridized carbons (Fsp3) is 0.310. The lowest BCUT2D eigenvalue weighted by molar-refractivity contribution is -0.137. The molecule has 0 amide bonds. The van der Waals surface area contributed by atoms with E-state index in [0.717, 1.165) is 35.6 Å². The van der Waals surface area contributed by atoms with Crippen LogP contribution in [0, 0.1) is 0 Å². The van der Waals surface area contributed by atoms with Gasteiger partial charge >= 0.3 is 11.9 Å². The van der Waals surface area contributed by atoms with Crippen LogP contribution in [0.1, 0.15) is 55.6 Å². The number of alkyl halides is 3. The van der Waals surface area contributed by atoms with Crippen LogP contribution < -0.4 is 10.8 Å². The van der Waals surface area contributed by atoms with Crippen molar-refractivity contribution in [3.05, 3.63) is 99.7 Å². The van der Waals surface area contributed by atoms with Crippen molar-refractivity contribution in [3.8, 4) is 16.8 Å². The van der Waals surface area contributed by atoms with Gasteiger partial charge in [0.1, 0.15) is 5.82 Å². The van der Waals surface area contributed by atoms with Gasteiger partial charge in [-0.2, -0.15) is 17.9 Å². The molecule has 0 saturated carbocycles. The molecule has 0 saturated heterocycles. The van der Waals surface area contributed by atoms with E-state index in [4.69, 9.17) is 5.14 Å². The van der Waals surface area contributed by atoms with Crippen molar-refractivity contribution in [2.24, 2.45) is 5.14 Å². The van der Waals surface area contributed by atoms with E-state index < -0.39 is 27.5 Å². The van der Waals surface area contributed by atoms with E-state index in [9.17, 15) is 26.4 Å². The van der Waals surface area contributed by atoms with Gasteiger partial charge in [-0.15, -0.1) is 5.10 Å². The number of halogens is 3. The zero-order chi connectivity index (χ0) is 29.1. The van der Waals surface area contributed by atoms with Gasteiger partial charge < -0.3 is 0 Å². The SMILES string of the molecule is CCCCc1nn(-c2ccccc2C(F)(F)F)c(=O)n1Cc1ccc(-c2cc(CCC)ccc2S(N)(=O)=O)cc1. The van der Waals surface area contributed by atoms with Crippen LogP contribution in [0.4, 0.5) is 13.2 Å². The quantitative estimate of drug-likeness (QED) is 0.263.